The largest absolute Gasteiger partial charge is 0.473 e. The summed E-state index contributed by atoms with van der Waals surface area (Å²) < 4.78 is 13.9. The molecule has 150 valence electrons. The molecule has 0 aliphatic carbocycles. The standard InChI is InChI=1S/C22H30N2O3Si/c1-17-21-19(10-11-24(21)16-26-12-13-28(2,3)4)20(14-25)22(23-17)27-15-18-8-6-5-7-9-18/h5-11,25H,12-16H2,1-4H3. The molecule has 0 aliphatic rings. The van der Waals surface area contributed by atoms with E-state index in [4.69, 9.17) is 9.47 Å². The van der Waals surface area contributed by atoms with Crippen LogP contribution in [-0.4, -0.2) is 29.3 Å². The Balaban J connectivity index is 1.78. The molecule has 0 radical (unpaired) electrons. The van der Waals surface area contributed by atoms with Crippen LogP contribution in [0.1, 0.15) is 16.8 Å². The van der Waals surface area contributed by atoms with Crippen molar-refractivity contribution in [1.82, 2.24) is 9.55 Å². The fourth-order valence-electron chi connectivity index (χ4n) is 3.15. The summed E-state index contributed by atoms with van der Waals surface area (Å²) in [6.45, 7) is 10.6. The number of benzene rings is 1. The molecule has 3 aromatic rings. The highest BCUT2D eigenvalue weighted by Gasteiger charge is 2.17. The van der Waals surface area contributed by atoms with Gasteiger partial charge in [-0.05, 0) is 24.6 Å². The molecule has 5 nitrogen and oxygen atoms in total. The second-order valence-corrected chi connectivity index (χ2v) is 13.9. The highest BCUT2D eigenvalue weighted by Crippen LogP contribution is 2.30. The molecule has 3 rings (SSSR count). The van der Waals surface area contributed by atoms with Crippen LogP contribution >= 0.6 is 0 Å². The Labute approximate surface area is 167 Å². The third kappa shape index (κ3) is 5.01. The maximum absolute atomic E-state index is 9.96. The predicted octanol–water partition coefficient (Wildman–Crippen LogP) is 4.73. The molecule has 2 aromatic heterocycles. The fraction of sp³-hybridized carbons (Fsp3) is 0.409. The van der Waals surface area contributed by atoms with Crippen LogP contribution in [0.5, 0.6) is 5.88 Å². The lowest BCUT2D eigenvalue weighted by molar-refractivity contribution is 0.0901. The van der Waals surface area contributed by atoms with Gasteiger partial charge in [-0.15, -0.1) is 0 Å². The minimum atomic E-state index is -1.10. The monoisotopic (exact) mass is 398 g/mol. The Hall–Kier alpha value is -2.15. The molecule has 6 heteroatoms. The number of hydrogen-bond acceptors (Lipinski definition) is 4. The molecule has 28 heavy (non-hydrogen) atoms. The first kappa shape index (κ1) is 20.6. The van der Waals surface area contributed by atoms with E-state index in [1.165, 1.54) is 0 Å². The van der Waals surface area contributed by atoms with Crippen LogP contribution in [0.3, 0.4) is 0 Å². The quantitative estimate of drug-likeness (QED) is 0.418. The first-order chi connectivity index (χ1) is 13.4. The molecule has 0 saturated heterocycles. The molecule has 0 fully saturated rings. The molecule has 0 amide bonds. The van der Waals surface area contributed by atoms with Crippen molar-refractivity contribution in [2.75, 3.05) is 6.61 Å². The molecular weight excluding hydrogens is 368 g/mol. The zero-order valence-corrected chi connectivity index (χ0v) is 18.2. The highest BCUT2D eigenvalue weighted by molar-refractivity contribution is 6.76. The minimum Gasteiger partial charge on any atom is -0.473 e. The topological polar surface area (TPSA) is 56.5 Å². The van der Waals surface area contributed by atoms with Gasteiger partial charge >= 0.3 is 0 Å². The third-order valence-corrected chi connectivity index (χ3v) is 6.47. The molecule has 0 spiro atoms. The highest BCUT2D eigenvalue weighted by atomic mass is 28.3. The van der Waals surface area contributed by atoms with Crippen LogP contribution in [0.15, 0.2) is 42.6 Å². The molecule has 0 saturated carbocycles. The summed E-state index contributed by atoms with van der Waals surface area (Å²) in [4.78, 5) is 4.64. The average Bonchev–Trinajstić information content (AvgIpc) is 3.08. The number of aliphatic hydroxyl groups excluding tert-OH is 1. The lowest BCUT2D eigenvalue weighted by atomic mass is 10.1. The van der Waals surface area contributed by atoms with Gasteiger partial charge in [-0.25, -0.2) is 4.98 Å². The number of pyridine rings is 1. The van der Waals surface area contributed by atoms with Crippen LogP contribution in [0.2, 0.25) is 25.7 Å². The number of rotatable bonds is 9. The SMILES string of the molecule is Cc1nc(OCc2ccccc2)c(CO)c2ccn(COCC[Si](C)(C)C)c12. The van der Waals surface area contributed by atoms with Crippen molar-refractivity contribution < 1.29 is 14.6 Å². The fourth-order valence-corrected chi connectivity index (χ4v) is 3.91. The zero-order chi connectivity index (χ0) is 20.1. The molecule has 2 heterocycles. The van der Waals surface area contributed by atoms with Crippen LogP contribution in [-0.2, 0) is 24.7 Å². The molecule has 1 aromatic carbocycles. The number of hydrogen-bond donors (Lipinski definition) is 1. The minimum absolute atomic E-state index is 0.117. The number of ether oxygens (including phenoxy) is 2. The van der Waals surface area contributed by atoms with Crippen LogP contribution in [0.4, 0.5) is 0 Å². The first-order valence-corrected chi connectivity index (χ1v) is 13.4. The summed E-state index contributed by atoms with van der Waals surface area (Å²) in [6.07, 6.45) is 1.99. The summed E-state index contributed by atoms with van der Waals surface area (Å²) in [5.74, 6) is 0.494. The maximum atomic E-state index is 9.96. The maximum Gasteiger partial charge on any atom is 0.220 e. The van der Waals surface area contributed by atoms with Crippen molar-refractivity contribution in [1.29, 1.82) is 0 Å². The number of fused-ring (bicyclic) bond motifs is 1. The van der Waals surface area contributed by atoms with Gasteiger partial charge in [0.25, 0.3) is 0 Å². The van der Waals surface area contributed by atoms with Gasteiger partial charge in [0.1, 0.15) is 13.3 Å². The Kier molecular flexibility index (Phi) is 6.54. The van der Waals surface area contributed by atoms with E-state index in [1.807, 2.05) is 49.5 Å². The van der Waals surface area contributed by atoms with Gasteiger partial charge in [0.05, 0.1) is 17.8 Å². The van der Waals surface area contributed by atoms with Gasteiger partial charge in [0.15, 0.2) is 0 Å². The normalized spacial score (nSPS) is 11.9. The van der Waals surface area contributed by atoms with Crippen molar-refractivity contribution in [3.8, 4) is 5.88 Å². The lowest BCUT2D eigenvalue weighted by Gasteiger charge is -2.16. The Morgan fingerprint density at radius 3 is 2.54 bits per heavy atom. The summed E-state index contributed by atoms with van der Waals surface area (Å²) in [5, 5.41) is 10.9. The van der Waals surface area contributed by atoms with E-state index in [1.54, 1.807) is 0 Å². The van der Waals surface area contributed by atoms with E-state index in [-0.39, 0.29) is 6.61 Å². The third-order valence-electron chi connectivity index (χ3n) is 4.76. The summed E-state index contributed by atoms with van der Waals surface area (Å²) in [6, 6.07) is 13.1. The number of aliphatic hydroxyl groups is 1. The van der Waals surface area contributed by atoms with Crippen molar-refractivity contribution in [2.45, 2.75) is 52.6 Å². The second-order valence-electron chi connectivity index (χ2n) is 8.31. The van der Waals surface area contributed by atoms with Gasteiger partial charge in [-0.1, -0.05) is 50.0 Å². The van der Waals surface area contributed by atoms with E-state index in [0.29, 0.717) is 19.2 Å². The summed E-state index contributed by atoms with van der Waals surface area (Å²) in [7, 11) is -1.10. The first-order valence-electron chi connectivity index (χ1n) is 9.72. The Morgan fingerprint density at radius 2 is 1.86 bits per heavy atom. The average molecular weight is 399 g/mol. The summed E-state index contributed by atoms with van der Waals surface area (Å²) >= 11 is 0. The number of aryl methyl sites for hydroxylation is 1. The Bertz CT molecular complexity index is 917. The molecule has 0 bridgehead atoms. The molecule has 0 atom stereocenters. The molecule has 0 aliphatic heterocycles. The van der Waals surface area contributed by atoms with E-state index < -0.39 is 8.07 Å². The van der Waals surface area contributed by atoms with Crippen LogP contribution in [0.25, 0.3) is 10.9 Å². The van der Waals surface area contributed by atoms with Crippen LogP contribution in [0, 0.1) is 6.92 Å². The van der Waals surface area contributed by atoms with Gasteiger partial charge in [0.2, 0.25) is 5.88 Å². The van der Waals surface area contributed by atoms with Crippen molar-refractivity contribution in [2.24, 2.45) is 0 Å². The van der Waals surface area contributed by atoms with Crippen molar-refractivity contribution >= 4 is 19.0 Å². The molecular formula is C22H30N2O3Si. The number of nitrogens with zero attached hydrogens (tertiary/aromatic N) is 2. The summed E-state index contributed by atoms with van der Waals surface area (Å²) in [5.41, 5.74) is 3.65. The smallest absolute Gasteiger partial charge is 0.220 e. The van der Waals surface area contributed by atoms with E-state index in [9.17, 15) is 5.11 Å². The van der Waals surface area contributed by atoms with E-state index in [0.717, 1.165) is 40.4 Å². The zero-order valence-electron chi connectivity index (χ0n) is 17.2. The Morgan fingerprint density at radius 1 is 1.11 bits per heavy atom. The number of aromatic nitrogens is 2. The predicted molar refractivity (Wildman–Crippen MR) is 115 cm³/mol. The van der Waals surface area contributed by atoms with E-state index in [2.05, 4.69) is 29.2 Å². The molecule has 1 N–H and O–H groups in total. The van der Waals surface area contributed by atoms with Crippen molar-refractivity contribution in [3.63, 3.8) is 0 Å². The van der Waals surface area contributed by atoms with Gasteiger partial charge in [0, 0.05) is 31.8 Å². The van der Waals surface area contributed by atoms with Gasteiger partial charge in [-0.2, -0.15) is 0 Å². The van der Waals surface area contributed by atoms with Gasteiger partial charge < -0.3 is 19.1 Å². The van der Waals surface area contributed by atoms with Crippen LogP contribution < -0.4 is 4.74 Å². The van der Waals surface area contributed by atoms with E-state index >= 15 is 0 Å². The van der Waals surface area contributed by atoms with Crippen molar-refractivity contribution in [3.05, 3.63) is 59.4 Å². The lowest BCUT2D eigenvalue weighted by Crippen LogP contribution is -2.22. The van der Waals surface area contributed by atoms with Gasteiger partial charge in [-0.3, -0.25) is 0 Å². The molecule has 0 unspecified atom stereocenters. The second kappa shape index (κ2) is 8.90.